The van der Waals surface area contributed by atoms with Crippen molar-refractivity contribution in [2.24, 2.45) is 0 Å². The molecule has 0 aliphatic heterocycles. The molecular weight excluding hydrogens is 258 g/mol. The number of hydrogen-bond donors (Lipinski definition) is 2. The molecule has 0 spiro atoms. The van der Waals surface area contributed by atoms with Crippen LogP contribution in [-0.4, -0.2) is 10.8 Å². The number of benzene rings is 1. The summed E-state index contributed by atoms with van der Waals surface area (Å²) in [5, 5.41) is 6.34. The van der Waals surface area contributed by atoms with Crippen molar-refractivity contribution in [3.63, 3.8) is 0 Å². The molecule has 1 aromatic heterocycles. The van der Waals surface area contributed by atoms with E-state index < -0.39 is 0 Å². The minimum Gasteiger partial charge on any atom is -0.398 e. The average Bonchev–Trinajstić information content (AvgIpc) is 2.81. The zero-order valence-corrected chi connectivity index (χ0v) is 12.0. The van der Waals surface area contributed by atoms with E-state index in [4.69, 9.17) is 5.73 Å². The van der Waals surface area contributed by atoms with Gasteiger partial charge in [-0.25, -0.2) is 4.98 Å². The fourth-order valence-corrected chi connectivity index (χ4v) is 2.63. The molecule has 0 aliphatic rings. The lowest BCUT2D eigenvalue weighted by atomic mass is 10.0. The summed E-state index contributed by atoms with van der Waals surface area (Å²) >= 11 is 1.60. The zero-order chi connectivity index (χ0) is 14.0. The Kier molecular flexibility index (Phi) is 3.57. The van der Waals surface area contributed by atoms with Crippen LogP contribution in [0.3, 0.4) is 0 Å². The summed E-state index contributed by atoms with van der Waals surface area (Å²) in [5.74, 6) is -0.0248. The first-order valence-electron chi connectivity index (χ1n) is 5.99. The molecule has 0 aliphatic carbocycles. The number of aromatic nitrogens is 1. The number of thiazole rings is 1. The highest BCUT2D eigenvalue weighted by molar-refractivity contribution is 7.09. The highest BCUT2D eigenvalue weighted by Gasteiger charge is 2.23. The van der Waals surface area contributed by atoms with Gasteiger partial charge in [0.25, 0.3) is 0 Å². The number of nitrogens with two attached hydrogens (primary N) is 1. The highest BCUT2D eigenvalue weighted by Crippen LogP contribution is 2.28. The number of nitrogens with one attached hydrogen (secondary N) is 1. The molecule has 3 N–H and O–H groups in total. The number of nitrogen functional groups attached to an aromatic ring is 1. The Balaban J connectivity index is 2.25. The van der Waals surface area contributed by atoms with Crippen molar-refractivity contribution >= 4 is 28.5 Å². The van der Waals surface area contributed by atoms with Gasteiger partial charge in [-0.3, -0.25) is 4.79 Å². The zero-order valence-electron chi connectivity index (χ0n) is 11.2. The maximum atomic E-state index is 11.3. The molecule has 100 valence electrons. The smallest absolute Gasteiger partial charge is 0.161 e. The maximum absolute atomic E-state index is 11.3. The Morgan fingerprint density at radius 1 is 1.42 bits per heavy atom. The number of rotatable bonds is 4. The third-order valence-electron chi connectivity index (χ3n) is 2.85. The lowest BCUT2D eigenvalue weighted by Crippen LogP contribution is -2.27. The average molecular weight is 275 g/mol. The van der Waals surface area contributed by atoms with Crippen molar-refractivity contribution in [3.05, 3.63) is 40.3 Å². The van der Waals surface area contributed by atoms with Gasteiger partial charge in [0, 0.05) is 28.5 Å². The minimum absolute atomic E-state index is 0.0248. The summed E-state index contributed by atoms with van der Waals surface area (Å²) in [6, 6.07) is 5.40. The van der Waals surface area contributed by atoms with E-state index in [0.29, 0.717) is 11.3 Å². The summed E-state index contributed by atoms with van der Waals surface area (Å²) in [5.41, 5.74) is 7.53. The predicted octanol–water partition coefficient (Wildman–Crippen LogP) is 3.28. The van der Waals surface area contributed by atoms with Crippen LogP contribution in [0.4, 0.5) is 11.4 Å². The second-order valence-electron chi connectivity index (χ2n) is 4.95. The minimum atomic E-state index is -0.279. The van der Waals surface area contributed by atoms with Crippen molar-refractivity contribution < 1.29 is 4.79 Å². The van der Waals surface area contributed by atoms with Gasteiger partial charge in [-0.1, -0.05) is 0 Å². The summed E-state index contributed by atoms with van der Waals surface area (Å²) < 4.78 is 0. The van der Waals surface area contributed by atoms with Crippen molar-refractivity contribution in [1.82, 2.24) is 4.98 Å². The third-order valence-corrected chi connectivity index (χ3v) is 3.95. The Labute approximate surface area is 116 Å². The van der Waals surface area contributed by atoms with E-state index in [1.54, 1.807) is 29.7 Å². The molecule has 2 rings (SSSR count). The number of carbonyl (C=O) groups is 1. The van der Waals surface area contributed by atoms with E-state index in [9.17, 15) is 4.79 Å². The number of carbonyl (C=O) groups excluding carboxylic acids is 1. The number of hydrogen-bond acceptors (Lipinski definition) is 5. The van der Waals surface area contributed by atoms with Crippen molar-refractivity contribution in [2.45, 2.75) is 26.3 Å². The van der Waals surface area contributed by atoms with Gasteiger partial charge in [-0.05, 0) is 39.0 Å². The molecule has 19 heavy (non-hydrogen) atoms. The quantitative estimate of drug-likeness (QED) is 0.663. The van der Waals surface area contributed by atoms with E-state index >= 15 is 0 Å². The molecule has 0 amide bonds. The monoisotopic (exact) mass is 275 g/mol. The molecule has 1 heterocycles. The molecule has 0 radical (unpaired) electrons. The van der Waals surface area contributed by atoms with Crippen LogP contribution in [0, 0.1) is 0 Å². The van der Waals surface area contributed by atoms with Crippen LogP contribution >= 0.6 is 11.3 Å². The van der Waals surface area contributed by atoms with Gasteiger partial charge in [0.2, 0.25) is 0 Å². The van der Waals surface area contributed by atoms with Crippen LogP contribution in [0.25, 0.3) is 0 Å². The highest BCUT2D eigenvalue weighted by atomic mass is 32.1. The SMILES string of the molecule is CC(=O)c1ccc(NC(C)(C)c2nccs2)cc1N. The molecule has 0 bridgehead atoms. The Morgan fingerprint density at radius 2 is 2.16 bits per heavy atom. The molecule has 0 unspecified atom stereocenters. The molecule has 0 saturated carbocycles. The number of anilines is 2. The van der Waals surface area contributed by atoms with Gasteiger partial charge in [0.15, 0.2) is 5.78 Å². The van der Waals surface area contributed by atoms with Crippen LogP contribution in [0.15, 0.2) is 29.8 Å². The summed E-state index contributed by atoms with van der Waals surface area (Å²) in [6.07, 6.45) is 1.79. The molecule has 4 nitrogen and oxygen atoms in total. The topological polar surface area (TPSA) is 68.0 Å². The van der Waals surface area contributed by atoms with Gasteiger partial charge in [-0.2, -0.15) is 0 Å². The van der Waals surface area contributed by atoms with Crippen molar-refractivity contribution in [2.75, 3.05) is 11.1 Å². The largest absolute Gasteiger partial charge is 0.398 e. The fourth-order valence-electron chi connectivity index (χ4n) is 1.91. The standard InChI is InChI=1S/C14H17N3OS/c1-9(18)11-5-4-10(8-12(11)15)17-14(2,3)13-16-6-7-19-13/h4-8,17H,15H2,1-3H3. The first-order chi connectivity index (χ1) is 8.90. The van der Waals surface area contributed by atoms with Crippen LogP contribution in [0.5, 0.6) is 0 Å². The normalized spacial score (nSPS) is 11.3. The van der Waals surface area contributed by atoms with E-state index in [0.717, 1.165) is 10.7 Å². The summed E-state index contributed by atoms with van der Waals surface area (Å²) in [7, 11) is 0. The Morgan fingerprint density at radius 3 is 2.68 bits per heavy atom. The fraction of sp³-hybridized carbons (Fsp3) is 0.286. The van der Waals surface area contributed by atoms with E-state index in [-0.39, 0.29) is 11.3 Å². The van der Waals surface area contributed by atoms with E-state index in [1.807, 2.05) is 11.4 Å². The molecule has 0 saturated heterocycles. The molecule has 1 aromatic carbocycles. The van der Waals surface area contributed by atoms with E-state index in [1.165, 1.54) is 6.92 Å². The molecule has 0 fully saturated rings. The molecule has 5 heteroatoms. The molecule has 0 atom stereocenters. The first-order valence-corrected chi connectivity index (χ1v) is 6.87. The van der Waals surface area contributed by atoms with Gasteiger partial charge in [0.1, 0.15) is 5.01 Å². The summed E-state index contributed by atoms with van der Waals surface area (Å²) in [4.78, 5) is 15.7. The maximum Gasteiger partial charge on any atom is 0.161 e. The van der Waals surface area contributed by atoms with Crippen LogP contribution in [0.1, 0.15) is 36.1 Å². The van der Waals surface area contributed by atoms with Gasteiger partial charge in [-0.15, -0.1) is 11.3 Å². The second-order valence-corrected chi connectivity index (χ2v) is 5.84. The van der Waals surface area contributed by atoms with Gasteiger partial charge >= 0.3 is 0 Å². The number of Topliss-reactive ketones (excluding diaryl/α,β-unsaturated/α-hetero) is 1. The summed E-state index contributed by atoms with van der Waals surface area (Å²) in [6.45, 7) is 5.63. The number of nitrogens with zero attached hydrogens (tertiary/aromatic N) is 1. The lowest BCUT2D eigenvalue weighted by molar-refractivity contribution is 0.101. The Bertz CT molecular complexity index is 591. The second kappa shape index (κ2) is 5.01. The van der Waals surface area contributed by atoms with Crippen molar-refractivity contribution in [1.29, 1.82) is 0 Å². The number of ketones is 1. The molecular formula is C14H17N3OS. The van der Waals surface area contributed by atoms with Crippen LogP contribution < -0.4 is 11.1 Å². The van der Waals surface area contributed by atoms with Crippen LogP contribution in [0.2, 0.25) is 0 Å². The van der Waals surface area contributed by atoms with Gasteiger partial charge in [0.05, 0.1) is 5.54 Å². The lowest BCUT2D eigenvalue weighted by Gasteiger charge is -2.25. The predicted molar refractivity (Wildman–Crippen MR) is 79.6 cm³/mol. The van der Waals surface area contributed by atoms with Gasteiger partial charge < -0.3 is 11.1 Å². The first kappa shape index (κ1) is 13.5. The Hall–Kier alpha value is -1.88. The molecule has 2 aromatic rings. The van der Waals surface area contributed by atoms with Crippen molar-refractivity contribution in [3.8, 4) is 0 Å². The van der Waals surface area contributed by atoms with Crippen LogP contribution in [-0.2, 0) is 5.54 Å². The third kappa shape index (κ3) is 2.93. The van der Waals surface area contributed by atoms with E-state index in [2.05, 4.69) is 24.1 Å².